The normalized spacial score (nSPS) is 14.3. The highest BCUT2D eigenvalue weighted by atomic mass is 16.2. The average Bonchev–Trinajstić information content (AvgIpc) is 2.81. The molecule has 31 heavy (non-hydrogen) atoms. The van der Waals surface area contributed by atoms with Crippen LogP contribution >= 0.6 is 0 Å². The number of hydrogen-bond acceptors (Lipinski definition) is 3. The number of fused-ring (bicyclic) bond motifs is 1. The first-order chi connectivity index (χ1) is 15.2. The topological polar surface area (TPSA) is 71.1 Å². The van der Waals surface area contributed by atoms with E-state index in [1.807, 2.05) is 66.7 Å². The largest absolute Gasteiger partial charge is 0.348 e. The summed E-state index contributed by atoms with van der Waals surface area (Å²) in [6.45, 7) is 0.447. The quantitative estimate of drug-likeness (QED) is 0.603. The zero-order valence-electron chi connectivity index (χ0n) is 17.0. The number of nitrogens with zero attached hydrogens (tertiary/aromatic N) is 1. The molecule has 2 N–H and O–H groups in total. The molecular weight excluding hydrogens is 386 g/mol. The van der Waals surface area contributed by atoms with Crippen molar-refractivity contribution < 1.29 is 9.59 Å². The van der Waals surface area contributed by atoms with Crippen LogP contribution in [0.25, 0.3) is 6.08 Å². The number of carbonyl (C=O) groups is 2. The van der Waals surface area contributed by atoms with Gasteiger partial charge >= 0.3 is 0 Å². The van der Waals surface area contributed by atoms with E-state index in [4.69, 9.17) is 0 Å². The molecule has 5 nitrogen and oxygen atoms in total. The van der Waals surface area contributed by atoms with E-state index in [0.717, 1.165) is 33.5 Å². The summed E-state index contributed by atoms with van der Waals surface area (Å²) in [5.74, 6) is -0.184. The maximum absolute atomic E-state index is 12.3. The van der Waals surface area contributed by atoms with Crippen molar-refractivity contribution in [2.24, 2.45) is 0 Å². The zero-order chi connectivity index (χ0) is 21.5. The van der Waals surface area contributed by atoms with Crippen molar-refractivity contribution in [3.05, 3.63) is 113 Å². The van der Waals surface area contributed by atoms with Gasteiger partial charge in [0.1, 0.15) is 0 Å². The molecule has 0 aliphatic carbocycles. The van der Waals surface area contributed by atoms with E-state index in [1.165, 1.54) is 6.08 Å². The number of benzene rings is 2. The molecule has 2 aromatic carbocycles. The maximum Gasteiger partial charge on any atom is 0.251 e. The second-order valence-electron chi connectivity index (χ2n) is 7.38. The number of rotatable bonds is 6. The van der Waals surface area contributed by atoms with E-state index < -0.39 is 0 Å². The molecular formula is C26H23N3O2. The molecule has 0 atom stereocenters. The van der Waals surface area contributed by atoms with Crippen LogP contribution in [-0.4, -0.2) is 16.8 Å². The molecule has 0 unspecified atom stereocenters. The maximum atomic E-state index is 12.3. The van der Waals surface area contributed by atoms with Crippen LogP contribution in [0.5, 0.6) is 0 Å². The van der Waals surface area contributed by atoms with Crippen molar-refractivity contribution in [2.45, 2.75) is 19.4 Å². The van der Waals surface area contributed by atoms with Gasteiger partial charge in [-0.25, -0.2) is 0 Å². The van der Waals surface area contributed by atoms with Gasteiger partial charge in [0.05, 0.1) is 0 Å². The van der Waals surface area contributed by atoms with Crippen molar-refractivity contribution in [1.29, 1.82) is 0 Å². The summed E-state index contributed by atoms with van der Waals surface area (Å²) < 4.78 is 0. The minimum atomic E-state index is -0.152. The predicted octanol–water partition coefficient (Wildman–Crippen LogP) is 4.07. The third-order valence-corrected chi connectivity index (χ3v) is 5.12. The molecule has 2 amide bonds. The van der Waals surface area contributed by atoms with Gasteiger partial charge < -0.3 is 10.6 Å². The van der Waals surface area contributed by atoms with Gasteiger partial charge in [-0.2, -0.15) is 0 Å². The molecule has 0 bridgehead atoms. The van der Waals surface area contributed by atoms with E-state index >= 15 is 0 Å². The Hall–Kier alpha value is -3.99. The van der Waals surface area contributed by atoms with Gasteiger partial charge in [-0.3, -0.25) is 14.6 Å². The van der Waals surface area contributed by atoms with Crippen LogP contribution in [0.4, 0.5) is 5.69 Å². The Bertz CT molecular complexity index is 1130. The molecule has 1 aliphatic rings. The lowest BCUT2D eigenvalue weighted by molar-refractivity contribution is -0.116. The number of allylic oxidation sites excluding steroid dienone is 1. The number of hydrogen-bond donors (Lipinski definition) is 2. The summed E-state index contributed by atoms with van der Waals surface area (Å²) in [4.78, 5) is 28.3. The highest BCUT2D eigenvalue weighted by Crippen LogP contribution is 2.25. The smallest absolute Gasteiger partial charge is 0.251 e. The third-order valence-electron chi connectivity index (χ3n) is 5.12. The fourth-order valence-corrected chi connectivity index (χ4v) is 3.38. The summed E-state index contributed by atoms with van der Waals surface area (Å²) in [5.41, 5.74) is 5.82. The van der Waals surface area contributed by atoms with Gasteiger partial charge in [0, 0.05) is 42.7 Å². The molecule has 1 aliphatic heterocycles. The summed E-state index contributed by atoms with van der Waals surface area (Å²) in [5, 5.41) is 5.78. The lowest BCUT2D eigenvalue weighted by Crippen LogP contribution is -2.22. The van der Waals surface area contributed by atoms with Crippen LogP contribution in [0.15, 0.2) is 90.8 Å². The molecule has 0 saturated heterocycles. The summed E-state index contributed by atoms with van der Waals surface area (Å²) >= 11 is 0. The Morgan fingerprint density at radius 1 is 1.03 bits per heavy atom. The molecule has 0 fully saturated rings. The second-order valence-corrected chi connectivity index (χ2v) is 7.38. The van der Waals surface area contributed by atoms with Gasteiger partial charge in [0.15, 0.2) is 0 Å². The van der Waals surface area contributed by atoms with Gasteiger partial charge in [-0.05, 0) is 46.9 Å². The number of aromatic nitrogens is 1. The molecule has 3 aromatic rings. The van der Waals surface area contributed by atoms with Gasteiger partial charge in [-0.1, -0.05) is 54.6 Å². The van der Waals surface area contributed by atoms with Crippen LogP contribution in [0, 0.1) is 0 Å². The summed E-state index contributed by atoms with van der Waals surface area (Å²) in [6, 6.07) is 19.6. The number of nitrogens with one attached hydrogen (secondary N) is 2. The van der Waals surface area contributed by atoms with Crippen molar-refractivity contribution in [3.63, 3.8) is 0 Å². The fourth-order valence-electron chi connectivity index (χ4n) is 3.38. The Morgan fingerprint density at radius 3 is 2.68 bits per heavy atom. The van der Waals surface area contributed by atoms with Crippen molar-refractivity contribution in [3.8, 4) is 0 Å². The van der Waals surface area contributed by atoms with Gasteiger partial charge in [0.2, 0.25) is 5.91 Å². The lowest BCUT2D eigenvalue weighted by Gasteiger charge is -2.19. The molecule has 4 rings (SSSR count). The Balaban J connectivity index is 1.31. The minimum Gasteiger partial charge on any atom is -0.348 e. The highest BCUT2D eigenvalue weighted by Gasteiger charge is 2.18. The van der Waals surface area contributed by atoms with Crippen molar-refractivity contribution in [2.75, 3.05) is 5.32 Å². The van der Waals surface area contributed by atoms with Gasteiger partial charge in [0.25, 0.3) is 5.91 Å². The second kappa shape index (κ2) is 9.67. The molecule has 1 aromatic heterocycles. The monoisotopic (exact) mass is 409 g/mol. The number of pyridine rings is 1. The van der Waals surface area contributed by atoms with Crippen LogP contribution in [0.3, 0.4) is 0 Å². The van der Waals surface area contributed by atoms with E-state index in [2.05, 4.69) is 15.6 Å². The Kier molecular flexibility index (Phi) is 6.33. The summed E-state index contributed by atoms with van der Waals surface area (Å²) in [7, 11) is 0. The van der Waals surface area contributed by atoms with E-state index in [9.17, 15) is 9.59 Å². The van der Waals surface area contributed by atoms with E-state index in [1.54, 1.807) is 18.5 Å². The number of amides is 2. The Labute approximate surface area is 181 Å². The average molecular weight is 409 g/mol. The fraction of sp³-hybridized carbons (Fsp3) is 0.115. The van der Waals surface area contributed by atoms with Crippen molar-refractivity contribution in [1.82, 2.24) is 10.3 Å². The third kappa shape index (κ3) is 5.54. The van der Waals surface area contributed by atoms with Crippen LogP contribution in [0.1, 0.15) is 22.3 Å². The Morgan fingerprint density at radius 2 is 1.87 bits per heavy atom. The first-order valence-electron chi connectivity index (χ1n) is 10.2. The summed E-state index contributed by atoms with van der Waals surface area (Å²) in [6.07, 6.45) is 10.1. The molecule has 5 heteroatoms. The van der Waals surface area contributed by atoms with Gasteiger partial charge in [-0.15, -0.1) is 0 Å². The van der Waals surface area contributed by atoms with Crippen LogP contribution in [0.2, 0.25) is 0 Å². The lowest BCUT2D eigenvalue weighted by atomic mass is 9.96. The molecule has 2 heterocycles. The highest BCUT2D eigenvalue weighted by molar-refractivity contribution is 6.06. The molecule has 0 radical (unpaired) electrons. The standard InChI is InChI=1S/C26H23N3O2/c30-25(28-18-21-4-3-15-27-17-21)14-12-20-9-7-19(8-10-20)11-13-23-16-22-5-1-2-6-24(22)29-26(23)31/h1-10,12-15,17H,11,16,18H2,(H,28,30)(H,29,31)/b14-12+,23-13+. The number of anilines is 1. The molecule has 154 valence electrons. The van der Waals surface area contributed by atoms with Crippen LogP contribution < -0.4 is 10.6 Å². The first-order valence-corrected chi connectivity index (χ1v) is 10.2. The minimum absolute atomic E-state index is 0.0319. The van der Waals surface area contributed by atoms with E-state index in [-0.39, 0.29) is 11.8 Å². The number of para-hydroxylation sites is 1. The SMILES string of the molecule is O=C(/C=C/c1ccc(C/C=C2\Cc3ccccc3NC2=O)cc1)NCc1cccnc1. The molecule has 0 saturated carbocycles. The molecule has 0 spiro atoms. The van der Waals surface area contributed by atoms with Crippen molar-refractivity contribution >= 4 is 23.6 Å². The van der Waals surface area contributed by atoms with E-state index in [0.29, 0.717) is 19.4 Å². The first kappa shape index (κ1) is 20.3. The zero-order valence-corrected chi connectivity index (χ0v) is 17.0. The predicted molar refractivity (Wildman–Crippen MR) is 122 cm³/mol. The van der Waals surface area contributed by atoms with Crippen LogP contribution in [-0.2, 0) is 29.0 Å². The number of carbonyl (C=O) groups excluding carboxylic acids is 2.